The number of nitrogens with zero attached hydrogens (tertiary/aromatic N) is 3. The van der Waals surface area contributed by atoms with Crippen molar-refractivity contribution in [2.75, 3.05) is 18.0 Å². The molecule has 0 heterocycles. The minimum absolute atomic E-state index is 0.00569. The molecule has 0 unspecified atom stereocenters. The van der Waals surface area contributed by atoms with Gasteiger partial charge < -0.3 is 15.0 Å². The summed E-state index contributed by atoms with van der Waals surface area (Å²) in [7, 11) is -3.27. The lowest BCUT2D eigenvalue weighted by molar-refractivity contribution is -0.385. The average molecular weight is 685 g/mol. The molecule has 3 aromatic carbocycles. The van der Waals surface area contributed by atoms with Crippen LogP contribution in [-0.4, -0.2) is 55.8 Å². The molecule has 0 radical (unpaired) electrons. The summed E-state index contributed by atoms with van der Waals surface area (Å²) in [5.74, 6) is -0.839. The zero-order chi connectivity index (χ0) is 34.3. The number of sulfonamides is 1. The Morgan fingerprint density at radius 3 is 2.43 bits per heavy atom. The van der Waals surface area contributed by atoms with Crippen molar-refractivity contribution in [2.24, 2.45) is 0 Å². The lowest BCUT2D eigenvalue weighted by Gasteiger charge is -2.34. The molecule has 1 aliphatic rings. The molecule has 252 valence electrons. The number of hydrogen-bond acceptors (Lipinski definition) is 7. The molecule has 0 aromatic heterocycles. The molecule has 1 aliphatic carbocycles. The van der Waals surface area contributed by atoms with Crippen LogP contribution in [0.5, 0.6) is 5.75 Å². The van der Waals surface area contributed by atoms with E-state index in [9.17, 15) is 28.1 Å². The van der Waals surface area contributed by atoms with Gasteiger partial charge in [0.25, 0.3) is 15.7 Å². The van der Waals surface area contributed by atoms with Crippen LogP contribution in [0.4, 0.5) is 11.4 Å². The third-order valence-corrected chi connectivity index (χ3v) is 10.4. The highest BCUT2D eigenvalue weighted by atomic mass is 35.5. The summed E-state index contributed by atoms with van der Waals surface area (Å²) in [5, 5.41) is 15.0. The number of anilines is 1. The van der Waals surface area contributed by atoms with Crippen molar-refractivity contribution < 1.29 is 27.7 Å². The summed E-state index contributed by atoms with van der Waals surface area (Å²) < 4.78 is 35.0. The fourth-order valence-corrected chi connectivity index (χ4v) is 7.52. The number of nitrogens with one attached hydrogen (secondary N) is 1. The number of amides is 2. The number of aryl methyl sites for hydroxylation is 2. The van der Waals surface area contributed by atoms with Crippen molar-refractivity contribution in [1.82, 2.24) is 10.2 Å². The largest absolute Gasteiger partial charge is 0.495 e. The Kier molecular flexibility index (Phi) is 11.9. The number of halogens is 1. The maximum atomic E-state index is 14.5. The van der Waals surface area contributed by atoms with E-state index in [4.69, 9.17) is 16.3 Å². The van der Waals surface area contributed by atoms with Gasteiger partial charge in [-0.2, -0.15) is 0 Å². The van der Waals surface area contributed by atoms with Crippen LogP contribution in [0.15, 0.2) is 65.6 Å². The van der Waals surface area contributed by atoms with E-state index in [1.165, 1.54) is 49.3 Å². The second-order valence-corrected chi connectivity index (χ2v) is 14.1. The predicted molar refractivity (Wildman–Crippen MR) is 181 cm³/mol. The van der Waals surface area contributed by atoms with E-state index in [2.05, 4.69) is 5.32 Å². The predicted octanol–water partition coefficient (Wildman–Crippen LogP) is 6.33. The van der Waals surface area contributed by atoms with Gasteiger partial charge in [0.05, 0.1) is 22.6 Å². The number of carbonyl (C=O) groups is 2. The number of carbonyl (C=O) groups excluding carboxylic acids is 2. The number of nitro groups is 1. The molecular formula is C34H41ClN4O7S. The minimum atomic E-state index is -4.62. The molecule has 1 atom stereocenters. The second kappa shape index (κ2) is 15.6. The van der Waals surface area contributed by atoms with Crippen LogP contribution in [0, 0.1) is 24.0 Å². The summed E-state index contributed by atoms with van der Waals surface area (Å²) in [4.78, 5) is 40.3. The molecule has 13 heteroatoms. The summed E-state index contributed by atoms with van der Waals surface area (Å²) in [6, 6.07) is 14.5. The lowest BCUT2D eigenvalue weighted by Crippen LogP contribution is -2.54. The van der Waals surface area contributed by atoms with Gasteiger partial charge in [-0.3, -0.25) is 24.0 Å². The van der Waals surface area contributed by atoms with E-state index >= 15 is 0 Å². The number of ether oxygens (including phenoxy) is 1. The monoisotopic (exact) mass is 684 g/mol. The molecule has 2 amide bonds. The van der Waals surface area contributed by atoms with E-state index in [1.807, 2.05) is 38.1 Å². The summed E-state index contributed by atoms with van der Waals surface area (Å²) in [6.45, 7) is 4.54. The highest BCUT2D eigenvalue weighted by Crippen LogP contribution is 2.36. The van der Waals surface area contributed by atoms with Gasteiger partial charge in [-0.25, -0.2) is 8.42 Å². The Labute approximate surface area is 281 Å². The van der Waals surface area contributed by atoms with E-state index in [0.29, 0.717) is 0 Å². The van der Waals surface area contributed by atoms with Crippen molar-refractivity contribution in [1.29, 1.82) is 0 Å². The van der Waals surface area contributed by atoms with Gasteiger partial charge in [0.1, 0.15) is 18.3 Å². The van der Waals surface area contributed by atoms with Gasteiger partial charge in [0.15, 0.2) is 0 Å². The maximum Gasteiger partial charge on any atom is 0.273 e. The van der Waals surface area contributed by atoms with Gasteiger partial charge in [0, 0.05) is 29.2 Å². The van der Waals surface area contributed by atoms with Crippen LogP contribution in [0.2, 0.25) is 5.02 Å². The van der Waals surface area contributed by atoms with Gasteiger partial charge in [-0.05, 0) is 62.9 Å². The second-order valence-electron chi connectivity index (χ2n) is 11.8. The molecule has 1 saturated carbocycles. The average Bonchev–Trinajstić information content (AvgIpc) is 3.03. The van der Waals surface area contributed by atoms with Crippen LogP contribution >= 0.6 is 11.6 Å². The molecular weight excluding hydrogens is 644 g/mol. The van der Waals surface area contributed by atoms with Gasteiger partial charge in [-0.15, -0.1) is 0 Å². The summed E-state index contributed by atoms with van der Waals surface area (Å²) >= 11 is 6.32. The number of methoxy groups -OCH3 is 1. The van der Waals surface area contributed by atoms with E-state index < -0.39 is 38.3 Å². The maximum absolute atomic E-state index is 14.5. The van der Waals surface area contributed by atoms with E-state index in [-0.39, 0.29) is 52.6 Å². The van der Waals surface area contributed by atoms with Crippen LogP contribution in [0.25, 0.3) is 0 Å². The molecule has 3 aromatic rings. The fourth-order valence-electron chi connectivity index (χ4n) is 5.92. The first kappa shape index (κ1) is 35.7. The molecule has 0 saturated heterocycles. The molecule has 4 rings (SSSR count). The smallest absolute Gasteiger partial charge is 0.273 e. The molecule has 47 heavy (non-hydrogen) atoms. The lowest BCUT2D eigenvalue weighted by atomic mass is 9.95. The van der Waals surface area contributed by atoms with E-state index in [0.717, 1.165) is 53.6 Å². The van der Waals surface area contributed by atoms with Crippen molar-refractivity contribution in [3.8, 4) is 5.75 Å². The Balaban J connectivity index is 1.80. The standard InChI is InChI=1S/C34H41ClN4O7S/c1-5-29(34(41)36-27-12-7-6-8-13-27)37(21-25-11-9-10-23(2)18-25)33(40)22-38(31-19-26(35)15-17-32(31)46-4)47(44,45)28-16-14-24(3)30(20-28)39(42)43/h9-11,14-20,27,29H,5-8,12-13,21-22H2,1-4H3,(H,36,41)/t29-/m1/s1. The molecule has 0 bridgehead atoms. The van der Waals surface area contributed by atoms with Crippen LogP contribution in [0.1, 0.15) is 62.1 Å². The van der Waals surface area contributed by atoms with Gasteiger partial charge >= 0.3 is 0 Å². The highest BCUT2D eigenvalue weighted by molar-refractivity contribution is 7.92. The Morgan fingerprint density at radius 2 is 1.79 bits per heavy atom. The highest BCUT2D eigenvalue weighted by Gasteiger charge is 2.36. The number of hydrogen-bond donors (Lipinski definition) is 1. The van der Waals surface area contributed by atoms with Gasteiger partial charge in [0.2, 0.25) is 11.8 Å². The van der Waals surface area contributed by atoms with Crippen LogP contribution in [-0.2, 0) is 26.2 Å². The zero-order valence-electron chi connectivity index (χ0n) is 27.1. The first-order valence-corrected chi connectivity index (χ1v) is 17.4. The fraction of sp³-hybridized carbons (Fsp3) is 0.412. The first-order chi connectivity index (χ1) is 22.3. The normalized spacial score (nSPS) is 14.2. The van der Waals surface area contributed by atoms with Crippen molar-refractivity contribution in [3.63, 3.8) is 0 Å². The third kappa shape index (κ3) is 8.61. The quantitative estimate of drug-likeness (QED) is 0.164. The number of benzene rings is 3. The molecule has 11 nitrogen and oxygen atoms in total. The third-order valence-electron chi connectivity index (χ3n) is 8.43. The first-order valence-electron chi connectivity index (χ1n) is 15.6. The molecule has 0 spiro atoms. The molecule has 0 aliphatic heterocycles. The molecule has 1 fully saturated rings. The Morgan fingerprint density at radius 1 is 1.06 bits per heavy atom. The molecule has 1 N–H and O–H groups in total. The zero-order valence-corrected chi connectivity index (χ0v) is 28.6. The number of nitro benzene ring substituents is 1. The summed E-state index contributed by atoms with van der Waals surface area (Å²) in [6.07, 6.45) is 5.14. The van der Waals surface area contributed by atoms with Crippen molar-refractivity contribution in [3.05, 3.63) is 92.5 Å². The van der Waals surface area contributed by atoms with Crippen molar-refractivity contribution >= 4 is 44.8 Å². The topological polar surface area (TPSA) is 139 Å². The number of rotatable bonds is 13. The minimum Gasteiger partial charge on any atom is -0.495 e. The van der Waals surface area contributed by atoms with Crippen LogP contribution < -0.4 is 14.4 Å². The Hall–Kier alpha value is -4.16. The Bertz CT molecular complexity index is 1730. The SMILES string of the molecule is CC[C@H](C(=O)NC1CCCCC1)N(Cc1cccc(C)c1)C(=O)CN(c1cc(Cl)ccc1OC)S(=O)(=O)c1ccc(C)c([N+](=O)[O-])c1. The summed E-state index contributed by atoms with van der Waals surface area (Å²) in [5.41, 5.74) is 1.58. The van der Waals surface area contributed by atoms with Crippen LogP contribution in [0.3, 0.4) is 0 Å². The van der Waals surface area contributed by atoms with Gasteiger partial charge in [-0.1, -0.05) is 73.7 Å². The van der Waals surface area contributed by atoms with Crippen molar-refractivity contribution in [2.45, 2.75) is 82.8 Å². The van der Waals surface area contributed by atoms with E-state index in [1.54, 1.807) is 0 Å².